The number of pyridine rings is 2. The van der Waals surface area contributed by atoms with Crippen LogP contribution in [0.25, 0.3) is 17.1 Å². The van der Waals surface area contributed by atoms with E-state index < -0.39 is 0 Å². The van der Waals surface area contributed by atoms with E-state index in [0.717, 1.165) is 34.0 Å². The van der Waals surface area contributed by atoms with Crippen molar-refractivity contribution in [2.75, 3.05) is 0 Å². The summed E-state index contributed by atoms with van der Waals surface area (Å²) in [6.07, 6.45) is 3.53. The number of ether oxygens (including phenoxy) is 1. The van der Waals surface area contributed by atoms with Crippen molar-refractivity contribution in [2.24, 2.45) is 0 Å². The molecule has 0 aliphatic heterocycles. The summed E-state index contributed by atoms with van der Waals surface area (Å²) >= 11 is 0. The number of benzene rings is 1. The lowest BCUT2D eigenvalue weighted by Gasteiger charge is -2.17. The van der Waals surface area contributed by atoms with Crippen LogP contribution in [0.4, 0.5) is 0 Å². The van der Waals surface area contributed by atoms with Crippen molar-refractivity contribution >= 4 is 0 Å². The molecule has 34 heavy (non-hydrogen) atoms. The van der Waals surface area contributed by atoms with Gasteiger partial charge in [-0.1, -0.05) is 43.7 Å². The summed E-state index contributed by atoms with van der Waals surface area (Å²) in [6, 6.07) is 13.9. The summed E-state index contributed by atoms with van der Waals surface area (Å²) in [5.41, 5.74) is 6.63. The fraction of sp³-hybridized carbons (Fsp3) is 0.286. The Morgan fingerprint density at radius 1 is 0.971 bits per heavy atom. The zero-order valence-corrected chi connectivity index (χ0v) is 20.6. The summed E-state index contributed by atoms with van der Waals surface area (Å²) < 4.78 is 7.77. The van der Waals surface area contributed by atoms with Gasteiger partial charge < -0.3 is 4.74 Å². The molecule has 0 fully saturated rings. The second-order valence-corrected chi connectivity index (χ2v) is 9.00. The Labute approximate surface area is 200 Å². The van der Waals surface area contributed by atoms with Gasteiger partial charge in [-0.05, 0) is 51.0 Å². The average Bonchev–Trinajstić information content (AvgIpc) is 2.82. The van der Waals surface area contributed by atoms with Crippen LogP contribution in [0, 0.1) is 27.7 Å². The quantitative estimate of drug-likeness (QED) is 0.378. The first kappa shape index (κ1) is 23.4. The second kappa shape index (κ2) is 9.59. The smallest absolute Gasteiger partial charge is 0.261 e. The van der Waals surface area contributed by atoms with Gasteiger partial charge in [0.05, 0.1) is 22.6 Å². The van der Waals surface area contributed by atoms with Gasteiger partial charge in [0.25, 0.3) is 5.56 Å². The Morgan fingerprint density at radius 2 is 1.76 bits per heavy atom. The highest BCUT2D eigenvalue weighted by atomic mass is 16.5. The second-order valence-electron chi connectivity index (χ2n) is 9.00. The van der Waals surface area contributed by atoms with Gasteiger partial charge in [-0.25, -0.2) is 9.97 Å². The van der Waals surface area contributed by atoms with Crippen LogP contribution < -0.4 is 10.3 Å². The number of hydrogen-bond acceptors (Lipinski definition) is 5. The Bertz CT molecular complexity index is 1410. The van der Waals surface area contributed by atoms with Crippen LogP contribution in [-0.2, 0) is 6.61 Å². The number of aromatic nitrogens is 4. The summed E-state index contributed by atoms with van der Waals surface area (Å²) in [6.45, 7) is 12.3. The average molecular weight is 455 g/mol. The highest BCUT2D eigenvalue weighted by Crippen LogP contribution is 2.25. The Morgan fingerprint density at radius 3 is 2.50 bits per heavy atom. The normalized spacial score (nSPS) is 11.1. The lowest BCUT2D eigenvalue weighted by atomic mass is 10.1. The molecule has 0 unspecified atom stereocenters. The van der Waals surface area contributed by atoms with E-state index in [1.807, 2.05) is 44.2 Å². The molecule has 1 aromatic carbocycles. The van der Waals surface area contributed by atoms with Gasteiger partial charge in [-0.15, -0.1) is 0 Å². The van der Waals surface area contributed by atoms with Crippen LogP contribution in [0.5, 0.6) is 5.75 Å². The molecule has 0 spiro atoms. The van der Waals surface area contributed by atoms with Crippen molar-refractivity contribution in [1.82, 2.24) is 19.5 Å². The van der Waals surface area contributed by atoms with Gasteiger partial charge in [0.1, 0.15) is 18.2 Å². The molecular weight excluding hydrogens is 424 g/mol. The first-order valence-corrected chi connectivity index (χ1v) is 11.5. The van der Waals surface area contributed by atoms with Crippen LogP contribution in [0.3, 0.4) is 0 Å². The SMILES string of the molecule is Cc1cccc(COc2cc(C)n(-c3cc(-c4ccnc(C(C)C)n4)ncc3C)c(=O)c2C)c1. The zero-order valence-electron chi connectivity index (χ0n) is 20.6. The van der Waals surface area contributed by atoms with Crippen molar-refractivity contribution < 1.29 is 4.74 Å². The van der Waals surface area contributed by atoms with Gasteiger partial charge in [-0.3, -0.25) is 14.3 Å². The van der Waals surface area contributed by atoms with Crippen LogP contribution >= 0.6 is 0 Å². The van der Waals surface area contributed by atoms with Gasteiger partial charge in [0, 0.05) is 30.1 Å². The molecule has 0 aliphatic rings. The van der Waals surface area contributed by atoms with Crippen molar-refractivity contribution in [3.63, 3.8) is 0 Å². The molecule has 174 valence electrons. The Hall–Kier alpha value is -3.80. The molecule has 3 heterocycles. The third kappa shape index (κ3) is 4.76. The minimum absolute atomic E-state index is 0.106. The maximum absolute atomic E-state index is 13.5. The van der Waals surface area contributed by atoms with Crippen molar-refractivity contribution in [3.05, 3.63) is 99.0 Å². The van der Waals surface area contributed by atoms with E-state index in [2.05, 4.69) is 47.9 Å². The van der Waals surface area contributed by atoms with E-state index in [-0.39, 0.29) is 11.5 Å². The standard InChI is InChI=1S/C28H30N4O2/c1-17(2)27-29-11-10-23(31-27)24-14-25(19(4)15-30-24)32-20(5)13-26(21(6)28(32)33)34-16-22-9-7-8-18(3)12-22/h7-15,17H,16H2,1-6H3. The molecule has 3 aromatic heterocycles. The van der Waals surface area contributed by atoms with Crippen LogP contribution in [0.2, 0.25) is 0 Å². The molecule has 0 amide bonds. The molecule has 0 bridgehead atoms. The minimum atomic E-state index is -0.106. The maximum Gasteiger partial charge on any atom is 0.261 e. The van der Waals surface area contributed by atoms with Gasteiger partial charge in [-0.2, -0.15) is 0 Å². The van der Waals surface area contributed by atoms with Crippen LogP contribution in [-0.4, -0.2) is 19.5 Å². The van der Waals surface area contributed by atoms with Gasteiger partial charge in [0.15, 0.2) is 0 Å². The number of nitrogens with zero attached hydrogens (tertiary/aromatic N) is 4. The lowest BCUT2D eigenvalue weighted by Crippen LogP contribution is -2.24. The van der Waals surface area contributed by atoms with Gasteiger partial charge in [0.2, 0.25) is 0 Å². The van der Waals surface area contributed by atoms with Crippen molar-refractivity contribution in [2.45, 2.75) is 54.1 Å². The highest BCUT2D eigenvalue weighted by molar-refractivity contribution is 5.59. The van der Waals surface area contributed by atoms with Crippen LogP contribution in [0.15, 0.2) is 59.7 Å². The number of rotatable bonds is 6. The Balaban J connectivity index is 1.72. The monoisotopic (exact) mass is 454 g/mol. The van der Waals surface area contributed by atoms with E-state index in [9.17, 15) is 4.79 Å². The summed E-state index contributed by atoms with van der Waals surface area (Å²) in [5, 5.41) is 0. The fourth-order valence-electron chi connectivity index (χ4n) is 3.90. The van der Waals surface area contributed by atoms with Gasteiger partial charge >= 0.3 is 0 Å². The van der Waals surface area contributed by atoms with E-state index in [0.29, 0.717) is 23.6 Å². The summed E-state index contributed by atoms with van der Waals surface area (Å²) in [7, 11) is 0. The van der Waals surface area contributed by atoms with E-state index in [1.165, 1.54) is 5.56 Å². The summed E-state index contributed by atoms with van der Waals surface area (Å²) in [5.74, 6) is 1.58. The molecule has 4 rings (SSSR count). The zero-order chi connectivity index (χ0) is 24.4. The van der Waals surface area contributed by atoms with E-state index >= 15 is 0 Å². The fourth-order valence-corrected chi connectivity index (χ4v) is 3.90. The first-order chi connectivity index (χ1) is 16.2. The van der Waals surface area contributed by atoms with Crippen molar-refractivity contribution in [1.29, 1.82) is 0 Å². The molecule has 0 N–H and O–H groups in total. The number of hydrogen-bond donors (Lipinski definition) is 0. The first-order valence-electron chi connectivity index (χ1n) is 11.5. The summed E-state index contributed by atoms with van der Waals surface area (Å²) in [4.78, 5) is 27.0. The predicted octanol–water partition coefficient (Wildman–Crippen LogP) is 5.63. The third-order valence-corrected chi connectivity index (χ3v) is 5.83. The topological polar surface area (TPSA) is 69.9 Å². The molecule has 4 aromatic rings. The highest BCUT2D eigenvalue weighted by Gasteiger charge is 2.16. The van der Waals surface area contributed by atoms with E-state index in [1.54, 1.807) is 23.9 Å². The molecule has 0 atom stereocenters. The molecule has 0 aliphatic carbocycles. The molecule has 0 saturated heterocycles. The maximum atomic E-state index is 13.5. The Kier molecular flexibility index (Phi) is 6.59. The van der Waals surface area contributed by atoms with Crippen LogP contribution in [0.1, 0.15) is 53.5 Å². The molecule has 6 nitrogen and oxygen atoms in total. The minimum Gasteiger partial charge on any atom is -0.488 e. The molecule has 0 saturated carbocycles. The molecule has 0 radical (unpaired) electrons. The molecular formula is C28H30N4O2. The largest absolute Gasteiger partial charge is 0.488 e. The number of aryl methyl sites for hydroxylation is 3. The molecule has 6 heteroatoms. The van der Waals surface area contributed by atoms with Crippen molar-refractivity contribution in [3.8, 4) is 22.8 Å². The lowest BCUT2D eigenvalue weighted by molar-refractivity contribution is 0.302. The third-order valence-electron chi connectivity index (χ3n) is 5.83. The predicted molar refractivity (Wildman–Crippen MR) is 135 cm³/mol. The van der Waals surface area contributed by atoms with E-state index in [4.69, 9.17) is 4.74 Å².